The Labute approximate surface area is 337 Å². The molecule has 1 heterocycles. The normalized spacial score (nSPS) is 26.4. The number of amides is 2. The van der Waals surface area contributed by atoms with E-state index < -0.39 is 6.29 Å². The van der Waals surface area contributed by atoms with Crippen LogP contribution in [0.25, 0.3) is 11.1 Å². The second-order valence-corrected chi connectivity index (χ2v) is 17.3. The van der Waals surface area contributed by atoms with Crippen LogP contribution >= 0.6 is 0 Å². The lowest BCUT2D eigenvalue weighted by Gasteiger charge is -2.56. The van der Waals surface area contributed by atoms with Crippen LogP contribution in [0.4, 0.5) is 4.79 Å². The van der Waals surface area contributed by atoms with Crippen molar-refractivity contribution in [2.45, 2.75) is 95.2 Å². The smallest absolute Gasteiger partial charge is 0.315 e. The third-order valence-electron chi connectivity index (χ3n) is 12.9. The van der Waals surface area contributed by atoms with Gasteiger partial charge in [0.2, 0.25) is 0 Å². The summed E-state index contributed by atoms with van der Waals surface area (Å²) in [6.45, 7) is 2.87. The molecule has 2 amide bonds. The number of ether oxygens (including phenoxy) is 2. The molecule has 4 saturated carbocycles. The molecule has 5 aromatic carbocycles. The molecule has 57 heavy (non-hydrogen) atoms. The molecule has 0 aromatic heterocycles. The van der Waals surface area contributed by atoms with Gasteiger partial charge in [-0.25, -0.2) is 4.79 Å². The zero-order valence-electron chi connectivity index (χ0n) is 32.8. The van der Waals surface area contributed by atoms with Gasteiger partial charge in [0.05, 0.1) is 18.8 Å². The average Bonchev–Trinajstić information content (AvgIpc) is 3.23. The summed E-state index contributed by atoms with van der Waals surface area (Å²) in [5.74, 6) is 2.39. The van der Waals surface area contributed by atoms with Gasteiger partial charge in [-0.3, -0.25) is 4.90 Å². The Bertz CT molecular complexity index is 2010. The molecule has 4 aliphatic carbocycles. The van der Waals surface area contributed by atoms with Crippen molar-refractivity contribution in [1.29, 1.82) is 0 Å². The molecule has 10 rings (SSSR count). The molecule has 0 spiro atoms. The summed E-state index contributed by atoms with van der Waals surface area (Å²) in [7, 11) is 0. The van der Waals surface area contributed by atoms with E-state index in [-0.39, 0.29) is 30.4 Å². The largest absolute Gasteiger partial charge is 0.392 e. The highest BCUT2D eigenvalue weighted by atomic mass is 16.7. The van der Waals surface area contributed by atoms with Gasteiger partial charge >= 0.3 is 6.03 Å². The van der Waals surface area contributed by atoms with Crippen LogP contribution in [0.1, 0.15) is 90.7 Å². The first-order valence-corrected chi connectivity index (χ1v) is 21.0. The molecule has 3 atom stereocenters. The van der Waals surface area contributed by atoms with Crippen LogP contribution < -0.4 is 10.6 Å². The van der Waals surface area contributed by atoms with E-state index in [1.54, 1.807) is 0 Å². The van der Waals surface area contributed by atoms with Crippen LogP contribution in [0.5, 0.6) is 0 Å². The fraction of sp³-hybridized carbons (Fsp3) is 0.380. The fourth-order valence-electron chi connectivity index (χ4n) is 10.6. The number of nitrogens with one attached hydrogen (secondary N) is 2. The van der Waals surface area contributed by atoms with Crippen molar-refractivity contribution in [3.63, 3.8) is 0 Å². The van der Waals surface area contributed by atoms with E-state index in [0.717, 1.165) is 90.0 Å². The molecule has 1 saturated heterocycles. The predicted octanol–water partition coefficient (Wildman–Crippen LogP) is 9.86. The van der Waals surface area contributed by atoms with Gasteiger partial charge in [0, 0.05) is 43.7 Å². The van der Waals surface area contributed by atoms with Gasteiger partial charge in [0.1, 0.15) is 0 Å². The Morgan fingerprint density at radius 2 is 1.23 bits per heavy atom. The Morgan fingerprint density at radius 1 is 0.632 bits per heavy atom. The summed E-state index contributed by atoms with van der Waals surface area (Å²) >= 11 is 0. The molecule has 5 fully saturated rings. The molecule has 5 aliphatic rings. The van der Waals surface area contributed by atoms with Gasteiger partial charge in [-0.2, -0.15) is 0 Å². The SMILES string of the molecule is O=C(NCc1cccc(-c2ccc(C3OC(CN(Cc4ccccc4)Cc4ccccc4)CC(c4ccc(CO)cc4)O3)cc2)c1)NC12CC3CC(CC(C3)C1)C2. The second-order valence-electron chi connectivity index (χ2n) is 17.3. The summed E-state index contributed by atoms with van der Waals surface area (Å²) in [4.78, 5) is 15.6. The second kappa shape index (κ2) is 17.0. The Morgan fingerprint density at radius 3 is 1.84 bits per heavy atom. The maximum Gasteiger partial charge on any atom is 0.315 e. The van der Waals surface area contributed by atoms with Gasteiger partial charge in [-0.15, -0.1) is 0 Å². The molecular formula is C50H55N3O4. The first-order valence-electron chi connectivity index (χ1n) is 21.0. The first-order chi connectivity index (χ1) is 27.9. The first kappa shape index (κ1) is 37.8. The minimum Gasteiger partial charge on any atom is -0.392 e. The standard InChI is InChI=1S/C50H55N3O4/c54-34-37-14-16-43(17-15-37)47-26-46(33-53(31-35-8-3-1-4-9-35)32-36-10-5-2-6-11-36)56-48(57-47)44-20-18-42(19-21-44)45-13-7-12-38(25-45)30-51-49(55)52-50-27-39-22-40(28-50)24-41(23-39)29-50/h1-21,25,39-41,46-48,54H,22-24,26-34H2,(H2,51,52,55). The summed E-state index contributed by atoms with van der Waals surface area (Å²) in [5.41, 5.74) is 8.74. The molecule has 3 unspecified atom stereocenters. The van der Waals surface area contributed by atoms with E-state index in [1.165, 1.54) is 30.4 Å². The van der Waals surface area contributed by atoms with Crippen molar-refractivity contribution in [2.75, 3.05) is 6.54 Å². The van der Waals surface area contributed by atoms with Gasteiger partial charge in [-0.05, 0) is 101 Å². The zero-order chi connectivity index (χ0) is 38.6. The van der Waals surface area contributed by atoms with Crippen molar-refractivity contribution in [3.8, 4) is 11.1 Å². The third kappa shape index (κ3) is 9.18. The topological polar surface area (TPSA) is 83.1 Å². The number of nitrogens with zero attached hydrogens (tertiary/aromatic N) is 1. The van der Waals surface area contributed by atoms with E-state index in [9.17, 15) is 9.90 Å². The summed E-state index contributed by atoms with van der Waals surface area (Å²) in [6.07, 6.45) is 7.46. The van der Waals surface area contributed by atoms with Gasteiger partial charge in [0.15, 0.2) is 6.29 Å². The number of hydrogen-bond acceptors (Lipinski definition) is 5. The number of carbonyl (C=O) groups is 1. The molecule has 7 nitrogen and oxygen atoms in total. The third-order valence-corrected chi connectivity index (χ3v) is 12.9. The molecule has 3 N–H and O–H groups in total. The average molecular weight is 762 g/mol. The number of hydrogen-bond donors (Lipinski definition) is 3. The molecular weight excluding hydrogens is 707 g/mol. The lowest BCUT2D eigenvalue weighted by atomic mass is 9.53. The van der Waals surface area contributed by atoms with Crippen molar-refractivity contribution in [3.05, 3.63) is 167 Å². The van der Waals surface area contributed by atoms with Crippen molar-refractivity contribution in [1.82, 2.24) is 15.5 Å². The maximum absolute atomic E-state index is 13.2. The minimum absolute atomic E-state index is 0.00245. The summed E-state index contributed by atoms with van der Waals surface area (Å²) in [5, 5.41) is 16.3. The Balaban J connectivity index is 0.887. The maximum atomic E-state index is 13.2. The lowest BCUT2D eigenvalue weighted by molar-refractivity contribution is -0.253. The van der Waals surface area contributed by atoms with Crippen molar-refractivity contribution in [2.24, 2.45) is 17.8 Å². The number of urea groups is 1. The molecule has 5 aromatic rings. The molecule has 294 valence electrons. The number of rotatable bonds is 13. The van der Waals surface area contributed by atoms with Crippen LogP contribution in [-0.2, 0) is 35.7 Å². The van der Waals surface area contributed by atoms with Crippen molar-refractivity contribution >= 4 is 6.03 Å². The van der Waals surface area contributed by atoms with E-state index in [2.05, 4.69) is 137 Å². The van der Waals surface area contributed by atoms with E-state index in [0.29, 0.717) is 13.0 Å². The number of aliphatic hydroxyl groups is 1. The number of carbonyl (C=O) groups excluding carboxylic acids is 1. The molecule has 4 bridgehead atoms. The highest BCUT2D eigenvalue weighted by molar-refractivity contribution is 5.75. The van der Waals surface area contributed by atoms with Gasteiger partial charge < -0.3 is 25.2 Å². The van der Waals surface area contributed by atoms with E-state index in [4.69, 9.17) is 9.47 Å². The van der Waals surface area contributed by atoms with Crippen LogP contribution in [0, 0.1) is 17.8 Å². The fourth-order valence-corrected chi connectivity index (χ4v) is 10.6. The summed E-state index contributed by atoms with van der Waals surface area (Å²) in [6, 6.07) is 46.3. The lowest BCUT2D eigenvalue weighted by Crippen LogP contribution is -2.61. The van der Waals surface area contributed by atoms with E-state index >= 15 is 0 Å². The molecule has 7 heteroatoms. The molecule has 1 aliphatic heterocycles. The van der Waals surface area contributed by atoms with Crippen LogP contribution in [0.2, 0.25) is 0 Å². The highest BCUT2D eigenvalue weighted by Gasteiger charge is 2.51. The van der Waals surface area contributed by atoms with Crippen LogP contribution in [0.15, 0.2) is 133 Å². The quantitative estimate of drug-likeness (QED) is 0.111. The summed E-state index contributed by atoms with van der Waals surface area (Å²) < 4.78 is 13.6. The Hall–Kier alpha value is -4.79. The number of benzene rings is 5. The van der Waals surface area contributed by atoms with E-state index in [1.807, 2.05) is 12.1 Å². The van der Waals surface area contributed by atoms with Crippen LogP contribution in [-0.4, -0.2) is 34.2 Å². The Kier molecular flexibility index (Phi) is 11.2. The highest BCUT2D eigenvalue weighted by Crippen LogP contribution is 2.55. The van der Waals surface area contributed by atoms with Crippen molar-refractivity contribution < 1.29 is 19.4 Å². The van der Waals surface area contributed by atoms with Gasteiger partial charge in [0.25, 0.3) is 0 Å². The van der Waals surface area contributed by atoms with Crippen LogP contribution in [0.3, 0.4) is 0 Å². The minimum atomic E-state index is -0.543. The number of aliphatic hydroxyl groups excluding tert-OH is 1. The molecule has 0 radical (unpaired) electrons. The monoisotopic (exact) mass is 761 g/mol. The zero-order valence-corrected chi connectivity index (χ0v) is 32.8. The predicted molar refractivity (Wildman–Crippen MR) is 224 cm³/mol. The van der Waals surface area contributed by atoms with Gasteiger partial charge in [-0.1, -0.05) is 127 Å².